The van der Waals surface area contributed by atoms with Crippen molar-refractivity contribution in [1.29, 1.82) is 0 Å². The maximum atomic E-state index is 2.52. The first kappa shape index (κ1) is 45.7. The lowest BCUT2D eigenvalue weighted by molar-refractivity contribution is 0.780. The molecule has 0 saturated heterocycles. The summed E-state index contributed by atoms with van der Waals surface area (Å²) in [5.74, 6) is 0. The van der Waals surface area contributed by atoms with Crippen molar-refractivity contribution in [3.05, 3.63) is 332 Å². The van der Waals surface area contributed by atoms with Crippen molar-refractivity contribution in [2.24, 2.45) is 0 Å². The highest BCUT2D eigenvalue weighted by molar-refractivity contribution is 6.00. The third-order valence-electron chi connectivity index (χ3n) is 15.7. The van der Waals surface area contributed by atoms with Gasteiger partial charge in [-0.15, -0.1) is 0 Å². The lowest BCUT2D eigenvalue weighted by Gasteiger charge is -2.34. The largest absolute Gasteiger partial charge is 0.334 e. The molecule has 0 saturated carbocycles. The lowest BCUT2D eigenvalue weighted by Crippen LogP contribution is -2.30. The molecule has 4 heteroatoms. The molecule has 11 aromatic rings. The van der Waals surface area contributed by atoms with Crippen molar-refractivity contribution in [3.63, 3.8) is 0 Å². The molecule has 0 amide bonds. The standard InChI is InChI=1S/C73H54N4/c1-9-25-53(26-10-1)74(54-27-11-2-12-28-54)61-41-45-69-65(49-61)66-50-62(75(55-29-13-3-14-30-55)56-31-15-4-16-32-56)42-46-70(66)73(69)71-47-43-63(76(57-33-17-5-18-34-57)58-35-19-6-20-36-58)51-67(71)68-52-64(44-48-72(68)73)77(59-37-21-7-22-38-59)60-39-23-8-24-40-60/h1-39,41-52,60H,40H2. The van der Waals surface area contributed by atoms with Crippen LogP contribution in [0.15, 0.2) is 309 Å². The highest BCUT2D eigenvalue weighted by Gasteiger charge is 2.52. The van der Waals surface area contributed by atoms with Crippen LogP contribution in [0.2, 0.25) is 0 Å². The van der Waals surface area contributed by atoms with E-state index in [4.69, 9.17) is 0 Å². The molecule has 0 heterocycles. The van der Waals surface area contributed by atoms with Crippen LogP contribution in [0.3, 0.4) is 0 Å². The Balaban J connectivity index is 1.05. The molecule has 77 heavy (non-hydrogen) atoms. The molecule has 0 aliphatic heterocycles. The van der Waals surface area contributed by atoms with Crippen molar-refractivity contribution >= 4 is 62.6 Å². The summed E-state index contributed by atoms with van der Waals surface area (Å²) >= 11 is 0. The fraction of sp³-hybridized carbons (Fsp3) is 0.0411. The Morgan fingerprint density at radius 1 is 0.260 bits per heavy atom. The minimum atomic E-state index is -0.659. The van der Waals surface area contributed by atoms with Gasteiger partial charge in [-0.05, 0) is 184 Å². The summed E-state index contributed by atoms with van der Waals surface area (Å²) in [7, 11) is 0. The van der Waals surface area contributed by atoms with Gasteiger partial charge in [-0.25, -0.2) is 0 Å². The molecule has 0 aromatic heterocycles. The van der Waals surface area contributed by atoms with Gasteiger partial charge in [0, 0.05) is 62.6 Å². The maximum Gasteiger partial charge on any atom is 0.0725 e. The van der Waals surface area contributed by atoms with Gasteiger partial charge in [-0.3, -0.25) is 0 Å². The highest BCUT2D eigenvalue weighted by atomic mass is 15.2. The number of allylic oxidation sites excluding steroid dienone is 2. The first-order valence-corrected chi connectivity index (χ1v) is 26.7. The quantitative estimate of drug-likeness (QED) is 0.121. The van der Waals surface area contributed by atoms with Gasteiger partial charge in [0.2, 0.25) is 0 Å². The first-order valence-electron chi connectivity index (χ1n) is 26.7. The van der Waals surface area contributed by atoms with Crippen molar-refractivity contribution in [2.75, 3.05) is 19.6 Å². The van der Waals surface area contributed by atoms with Crippen LogP contribution in [-0.2, 0) is 5.41 Å². The zero-order valence-corrected chi connectivity index (χ0v) is 42.5. The zero-order valence-electron chi connectivity index (χ0n) is 42.5. The Morgan fingerprint density at radius 3 is 0.818 bits per heavy atom. The highest BCUT2D eigenvalue weighted by Crippen LogP contribution is 2.65. The summed E-state index contributed by atoms with van der Waals surface area (Å²) < 4.78 is 0. The average molecular weight is 987 g/mol. The van der Waals surface area contributed by atoms with E-state index < -0.39 is 5.41 Å². The predicted molar refractivity (Wildman–Crippen MR) is 322 cm³/mol. The van der Waals surface area contributed by atoms with E-state index in [2.05, 4.69) is 329 Å². The maximum absolute atomic E-state index is 2.52. The lowest BCUT2D eigenvalue weighted by atomic mass is 9.70. The molecule has 0 fully saturated rings. The van der Waals surface area contributed by atoms with Crippen LogP contribution in [0.5, 0.6) is 0 Å². The van der Waals surface area contributed by atoms with Crippen LogP contribution in [0.1, 0.15) is 28.7 Å². The topological polar surface area (TPSA) is 13.0 Å². The second-order valence-corrected chi connectivity index (χ2v) is 20.0. The summed E-state index contributed by atoms with van der Waals surface area (Å²) in [6, 6.07) is 105. The minimum absolute atomic E-state index is 0.146. The van der Waals surface area contributed by atoms with E-state index in [1.54, 1.807) is 0 Å². The van der Waals surface area contributed by atoms with Crippen LogP contribution in [-0.4, -0.2) is 6.04 Å². The van der Waals surface area contributed by atoms with Gasteiger partial charge in [0.05, 0.1) is 11.5 Å². The van der Waals surface area contributed by atoms with E-state index in [1.807, 2.05) is 0 Å². The van der Waals surface area contributed by atoms with E-state index in [0.717, 1.165) is 69.0 Å². The molecule has 0 N–H and O–H groups in total. The smallest absolute Gasteiger partial charge is 0.0725 e. The molecule has 3 aliphatic rings. The number of hydrogen-bond donors (Lipinski definition) is 0. The van der Waals surface area contributed by atoms with Crippen molar-refractivity contribution in [1.82, 2.24) is 0 Å². The van der Waals surface area contributed by atoms with Crippen LogP contribution in [0.25, 0.3) is 22.3 Å². The van der Waals surface area contributed by atoms with E-state index in [1.165, 1.54) is 44.5 Å². The van der Waals surface area contributed by atoms with Gasteiger partial charge in [-0.1, -0.05) is 176 Å². The van der Waals surface area contributed by atoms with Gasteiger partial charge in [-0.2, -0.15) is 0 Å². The van der Waals surface area contributed by atoms with Gasteiger partial charge < -0.3 is 19.6 Å². The summed E-state index contributed by atoms with van der Waals surface area (Å²) in [5, 5.41) is 0. The summed E-state index contributed by atoms with van der Waals surface area (Å²) in [5.41, 5.74) is 21.5. The van der Waals surface area contributed by atoms with Crippen LogP contribution >= 0.6 is 0 Å². The van der Waals surface area contributed by atoms with Crippen molar-refractivity contribution in [2.45, 2.75) is 17.9 Å². The minimum Gasteiger partial charge on any atom is -0.334 e. The molecule has 11 aromatic carbocycles. The fourth-order valence-corrected chi connectivity index (χ4v) is 12.4. The average Bonchev–Trinajstić information content (AvgIpc) is 4.19. The second-order valence-electron chi connectivity index (χ2n) is 20.0. The van der Waals surface area contributed by atoms with Crippen LogP contribution in [0.4, 0.5) is 62.6 Å². The number of para-hydroxylation sites is 7. The number of rotatable bonds is 12. The van der Waals surface area contributed by atoms with E-state index in [9.17, 15) is 0 Å². The van der Waals surface area contributed by atoms with Crippen LogP contribution < -0.4 is 19.6 Å². The number of anilines is 11. The van der Waals surface area contributed by atoms with Gasteiger partial charge >= 0.3 is 0 Å². The molecule has 3 aliphatic carbocycles. The summed E-state index contributed by atoms with van der Waals surface area (Å²) in [6.45, 7) is 0. The molecule has 1 unspecified atom stereocenters. The summed E-state index contributed by atoms with van der Waals surface area (Å²) in [6.07, 6.45) is 9.89. The molecule has 366 valence electrons. The van der Waals surface area contributed by atoms with E-state index >= 15 is 0 Å². The zero-order chi connectivity index (χ0) is 51.1. The van der Waals surface area contributed by atoms with Gasteiger partial charge in [0.1, 0.15) is 0 Å². The second kappa shape index (κ2) is 19.4. The van der Waals surface area contributed by atoms with Crippen molar-refractivity contribution in [3.8, 4) is 22.3 Å². The summed E-state index contributed by atoms with van der Waals surface area (Å²) in [4.78, 5) is 9.69. The molecule has 0 radical (unpaired) electrons. The number of hydrogen-bond acceptors (Lipinski definition) is 4. The van der Waals surface area contributed by atoms with Gasteiger partial charge in [0.15, 0.2) is 0 Å². The Kier molecular flexibility index (Phi) is 11.5. The van der Waals surface area contributed by atoms with Crippen LogP contribution in [0, 0.1) is 0 Å². The molecular formula is C73H54N4. The normalized spacial score (nSPS) is 14.1. The Morgan fingerprint density at radius 2 is 0.532 bits per heavy atom. The Labute approximate surface area is 451 Å². The van der Waals surface area contributed by atoms with E-state index in [-0.39, 0.29) is 6.04 Å². The third kappa shape index (κ3) is 7.84. The molecule has 1 spiro atoms. The Bertz CT molecular complexity index is 3700. The predicted octanol–water partition coefficient (Wildman–Crippen LogP) is 19.5. The third-order valence-corrected chi connectivity index (χ3v) is 15.7. The van der Waals surface area contributed by atoms with Gasteiger partial charge in [0.25, 0.3) is 0 Å². The van der Waals surface area contributed by atoms with Crippen molar-refractivity contribution < 1.29 is 0 Å². The molecule has 4 nitrogen and oxygen atoms in total. The number of benzene rings is 11. The molecule has 14 rings (SSSR count). The Hall–Kier alpha value is -9.90. The molecule has 0 bridgehead atoms. The first-order chi connectivity index (χ1) is 38.2. The molecular weight excluding hydrogens is 933 g/mol. The monoisotopic (exact) mass is 986 g/mol. The number of nitrogens with zero attached hydrogens (tertiary/aromatic N) is 4. The number of fused-ring (bicyclic) bond motifs is 10. The van der Waals surface area contributed by atoms with E-state index in [0.29, 0.717) is 0 Å². The SMILES string of the molecule is C1=CCC(N(c2ccccc2)c2ccc3c(c2)-c2cc(N(c4ccccc4)c4ccccc4)ccc2C32c3ccc(N(c4ccccc4)c4ccccc4)cc3-c3cc(N(c4ccccc4)c4ccccc4)ccc32)C=C1. The fourth-order valence-electron chi connectivity index (χ4n) is 12.4. The molecule has 1 atom stereocenters.